The molecule has 0 spiro atoms. The van der Waals surface area contributed by atoms with E-state index in [0.717, 1.165) is 75.4 Å². The fraction of sp³-hybridized carbons (Fsp3) is 0.545. The third-order valence-corrected chi connectivity index (χ3v) is 5.98. The van der Waals surface area contributed by atoms with Gasteiger partial charge in [0.25, 0.3) is 5.91 Å². The molecule has 0 aromatic carbocycles. The van der Waals surface area contributed by atoms with Crippen molar-refractivity contribution in [1.82, 2.24) is 19.9 Å². The van der Waals surface area contributed by atoms with Gasteiger partial charge in [-0.3, -0.25) is 4.79 Å². The number of nitrogens with zero attached hydrogens (tertiary/aromatic N) is 5. The van der Waals surface area contributed by atoms with Crippen molar-refractivity contribution in [3.63, 3.8) is 0 Å². The minimum Gasteiger partial charge on any atom is -0.474 e. The number of pyridine rings is 1. The van der Waals surface area contributed by atoms with Gasteiger partial charge in [-0.05, 0) is 38.3 Å². The van der Waals surface area contributed by atoms with Crippen LogP contribution in [0.25, 0.3) is 0 Å². The number of likely N-dealkylation sites (tertiary alicyclic amines) is 1. The third-order valence-electron chi connectivity index (χ3n) is 5.98. The van der Waals surface area contributed by atoms with E-state index in [-0.39, 0.29) is 18.0 Å². The summed E-state index contributed by atoms with van der Waals surface area (Å²) in [5.74, 6) is 1.86. The van der Waals surface area contributed by atoms with E-state index in [9.17, 15) is 4.79 Å². The number of carbonyl (C=O) groups excluding carboxylic acids is 1. The number of aryl methyl sites for hydroxylation is 1. The maximum atomic E-state index is 12.5. The topological polar surface area (TPSA) is 97.5 Å². The molecule has 0 bridgehead atoms. The van der Waals surface area contributed by atoms with Crippen LogP contribution in [0.1, 0.15) is 54.2 Å². The second-order valence-corrected chi connectivity index (χ2v) is 8.01. The minimum absolute atomic E-state index is 0.0878. The smallest absolute Gasteiger partial charge is 0.255 e. The Morgan fingerprint density at radius 1 is 1.17 bits per heavy atom. The molecule has 2 aliphatic rings. The highest BCUT2D eigenvalue weighted by Gasteiger charge is 2.24. The van der Waals surface area contributed by atoms with E-state index < -0.39 is 0 Å². The van der Waals surface area contributed by atoms with Crippen molar-refractivity contribution in [2.75, 3.05) is 36.8 Å². The number of nitrogens with two attached hydrogens (primary N) is 1. The summed E-state index contributed by atoms with van der Waals surface area (Å²) >= 11 is 0. The Balaban J connectivity index is 1.35. The summed E-state index contributed by atoms with van der Waals surface area (Å²) < 4.78 is 6.20. The molecule has 2 aliphatic heterocycles. The molecular formula is C22H30N6O2. The average molecular weight is 411 g/mol. The average Bonchev–Trinajstić information content (AvgIpc) is 3.29. The van der Waals surface area contributed by atoms with E-state index in [1.165, 1.54) is 0 Å². The minimum atomic E-state index is 0.0878. The maximum absolute atomic E-state index is 12.5. The van der Waals surface area contributed by atoms with Crippen LogP contribution in [0.15, 0.2) is 18.3 Å². The molecular weight excluding hydrogens is 380 g/mol. The van der Waals surface area contributed by atoms with Gasteiger partial charge in [0.1, 0.15) is 11.9 Å². The molecule has 8 nitrogen and oxygen atoms in total. The number of nitrogen functional groups attached to an aromatic ring is 1. The number of carbonyl (C=O) groups is 1. The predicted molar refractivity (Wildman–Crippen MR) is 116 cm³/mol. The number of aromatic nitrogens is 3. The van der Waals surface area contributed by atoms with Crippen molar-refractivity contribution in [3.8, 4) is 5.88 Å². The standard InChI is InChI=1S/C22H30N6O2/c1-3-18-15(2)25-22(23)26-20(18)30-17-8-12-27(13-9-17)19-7-6-16(14-24-19)21(29)28-10-4-5-11-28/h6-7,14,17H,3-5,8-13H2,1-2H3,(H2,23,25,26). The van der Waals surface area contributed by atoms with Crippen LogP contribution in [0.2, 0.25) is 0 Å². The number of amides is 1. The van der Waals surface area contributed by atoms with Gasteiger partial charge in [-0.25, -0.2) is 9.97 Å². The zero-order chi connectivity index (χ0) is 21.1. The molecule has 0 radical (unpaired) electrons. The summed E-state index contributed by atoms with van der Waals surface area (Å²) in [4.78, 5) is 29.7. The van der Waals surface area contributed by atoms with E-state index in [1.54, 1.807) is 6.20 Å². The van der Waals surface area contributed by atoms with Crippen molar-refractivity contribution < 1.29 is 9.53 Å². The second kappa shape index (κ2) is 8.85. The molecule has 0 unspecified atom stereocenters. The molecule has 2 N–H and O–H groups in total. The summed E-state index contributed by atoms with van der Waals surface area (Å²) in [6.07, 6.45) is 6.55. The lowest BCUT2D eigenvalue weighted by atomic mass is 10.1. The SMILES string of the molecule is CCc1c(C)nc(N)nc1OC1CCN(c2ccc(C(=O)N3CCCC3)cn2)CC1. The Morgan fingerprint density at radius 3 is 2.53 bits per heavy atom. The van der Waals surface area contributed by atoms with Gasteiger partial charge in [-0.1, -0.05) is 6.92 Å². The fourth-order valence-corrected chi connectivity index (χ4v) is 4.26. The van der Waals surface area contributed by atoms with Gasteiger partial charge in [0, 0.05) is 56.5 Å². The van der Waals surface area contributed by atoms with E-state index in [4.69, 9.17) is 10.5 Å². The zero-order valence-electron chi connectivity index (χ0n) is 17.8. The molecule has 2 saturated heterocycles. The molecule has 8 heteroatoms. The molecule has 0 saturated carbocycles. The van der Waals surface area contributed by atoms with Gasteiger partial charge in [0.15, 0.2) is 0 Å². The molecule has 30 heavy (non-hydrogen) atoms. The van der Waals surface area contributed by atoms with Gasteiger partial charge in [0.2, 0.25) is 11.8 Å². The summed E-state index contributed by atoms with van der Waals surface area (Å²) in [5.41, 5.74) is 8.38. The first-order valence-electron chi connectivity index (χ1n) is 10.8. The van der Waals surface area contributed by atoms with E-state index >= 15 is 0 Å². The highest BCUT2D eigenvalue weighted by atomic mass is 16.5. The molecule has 4 heterocycles. The van der Waals surface area contributed by atoms with Crippen LogP contribution in [0, 0.1) is 6.92 Å². The fourth-order valence-electron chi connectivity index (χ4n) is 4.26. The molecule has 2 aromatic rings. The van der Waals surface area contributed by atoms with Crippen LogP contribution in [0.3, 0.4) is 0 Å². The number of hydrogen-bond donors (Lipinski definition) is 1. The number of rotatable bonds is 5. The van der Waals surface area contributed by atoms with Crippen LogP contribution in [-0.2, 0) is 6.42 Å². The Kier molecular flexibility index (Phi) is 6.01. The van der Waals surface area contributed by atoms with Crippen LogP contribution < -0.4 is 15.4 Å². The Bertz CT molecular complexity index is 887. The Labute approximate surface area is 177 Å². The van der Waals surface area contributed by atoms with Gasteiger partial charge in [-0.15, -0.1) is 0 Å². The Hall–Kier alpha value is -2.90. The molecule has 2 aromatic heterocycles. The van der Waals surface area contributed by atoms with Crippen LogP contribution in [0.4, 0.5) is 11.8 Å². The molecule has 4 rings (SSSR count). The normalized spacial score (nSPS) is 17.4. The van der Waals surface area contributed by atoms with Crippen molar-refractivity contribution in [1.29, 1.82) is 0 Å². The molecule has 1 amide bonds. The molecule has 2 fully saturated rings. The predicted octanol–water partition coefficient (Wildman–Crippen LogP) is 2.61. The number of piperidine rings is 1. The summed E-state index contributed by atoms with van der Waals surface area (Å²) in [6, 6.07) is 3.85. The van der Waals surface area contributed by atoms with Crippen LogP contribution in [0.5, 0.6) is 5.88 Å². The third kappa shape index (κ3) is 4.32. The van der Waals surface area contributed by atoms with Crippen molar-refractivity contribution in [2.24, 2.45) is 0 Å². The highest BCUT2D eigenvalue weighted by molar-refractivity contribution is 5.94. The lowest BCUT2D eigenvalue weighted by Crippen LogP contribution is -2.39. The molecule has 0 aliphatic carbocycles. The highest BCUT2D eigenvalue weighted by Crippen LogP contribution is 2.26. The largest absolute Gasteiger partial charge is 0.474 e. The first-order valence-corrected chi connectivity index (χ1v) is 10.8. The quantitative estimate of drug-likeness (QED) is 0.809. The van der Waals surface area contributed by atoms with E-state index in [0.29, 0.717) is 11.4 Å². The number of hydrogen-bond acceptors (Lipinski definition) is 7. The second-order valence-electron chi connectivity index (χ2n) is 8.01. The van der Waals surface area contributed by atoms with Gasteiger partial charge >= 0.3 is 0 Å². The summed E-state index contributed by atoms with van der Waals surface area (Å²) in [6.45, 7) is 7.41. The van der Waals surface area contributed by atoms with E-state index in [1.807, 2.05) is 24.0 Å². The van der Waals surface area contributed by atoms with Crippen LogP contribution in [-0.4, -0.2) is 58.0 Å². The van der Waals surface area contributed by atoms with Crippen LogP contribution >= 0.6 is 0 Å². The summed E-state index contributed by atoms with van der Waals surface area (Å²) in [5, 5.41) is 0. The first-order chi connectivity index (χ1) is 14.5. The lowest BCUT2D eigenvalue weighted by molar-refractivity contribution is 0.0792. The number of anilines is 2. The van der Waals surface area contributed by atoms with Crippen molar-refractivity contribution in [2.45, 2.75) is 52.1 Å². The number of ether oxygens (including phenoxy) is 1. The van der Waals surface area contributed by atoms with E-state index in [2.05, 4.69) is 26.8 Å². The zero-order valence-corrected chi connectivity index (χ0v) is 17.8. The summed E-state index contributed by atoms with van der Waals surface area (Å²) in [7, 11) is 0. The monoisotopic (exact) mass is 410 g/mol. The lowest BCUT2D eigenvalue weighted by Gasteiger charge is -2.33. The van der Waals surface area contributed by atoms with Gasteiger partial charge in [-0.2, -0.15) is 4.98 Å². The maximum Gasteiger partial charge on any atom is 0.255 e. The molecule has 160 valence electrons. The Morgan fingerprint density at radius 2 is 1.90 bits per heavy atom. The van der Waals surface area contributed by atoms with Gasteiger partial charge in [0.05, 0.1) is 5.56 Å². The van der Waals surface area contributed by atoms with Crippen molar-refractivity contribution >= 4 is 17.7 Å². The molecule has 0 atom stereocenters. The van der Waals surface area contributed by atoms with Gasteiger partial charge < -0.3 is 20.3 Å². The first kappa shape index (κ1) is 20.4. The van der Waals surface area contributed by atoms with Crippen molar-refractivity contribution in [3.05, 3.63) is 35.2 Å².